The molecule has 12 aromatic rings. The lowest BCUT2D eigenvalue weighted by Gasteiger charge is -2.13. The fraction of sp³-hybridized carbons (Fsp3) is 0.194. The Hall–Kier alpha value is -11.6. The van der Waals surface area contributed by atoms with Crippen molar-refractivity contribution in [3.8, 4) is 34.5 Å². The average molecular weight is 1390 g/mol. The van der Waals surface area contributed by atoms with Crippen molar-refractivity contribution >= 4 is 62.2 Å². The van der Waals surface area contributed by atoms with Gasteiger partial charge in [-0.3, -0.25) is 14.4 Å². The summed E-state index contributed by atoms with van der Waals surface area (Å²) in [5.74, 6) is 2.50. The Kier molecular flexibility index (Phi) is 22.5. The molecule has 99 heavy (non-hydrogen) atoms. The van der Waals surface area contributed by atoms with E-state index in [-0.39, 0.29) is 47.1 Å². The maximum atomic E-state index is 12.7. The van der Waals surface area contributed by atoms with Gasteiger partial charge >= 0.3 is 18.5 Å². The summed E-state index contributed by atoms with van der Waals surface area (Å²) in [5, 5.41) is 48.0. The maximum Gasteiger partial charge on any atom is 0.416 e. The monoisotopic (exact) mass is 1390 g/mol. The topological polar surface area (TPSA) is 246 Å². The highest BCUT2D eigenvalue weighted by atomic mass is 32.2. The molecule has 0 saturated heterocycles. The van der Waals surface area contributed by atoms with E-state index in [2.05, 4.69) is 62.2 Å². The van der Waals surface area contributed by atoms with Crippen LogP contribution >= 0.6 is 12.1 Å². The number of rotatable bonds is 15. The van der Waals surface area contributed by atoms with Crippen LogP contribution in [-0.4, -0.2) is 84.6 Å². The third-order valence-electron chi connectivity index (χ3n) is 14.3. The van der Waals surface area contributed by atoms with Crippen LogP contribution in [0.2, 0.25) is 0 Å². The van der Waals surface area contributed by atoms with Crippen molar-refractivity contribution in [2.75, 3.05) is 6.26 Å². The lowest BCUT2D eigenvalue weighted by atomic mass is 10.1. The number of halogens is 10. The summed E-state index contributed by atoms with van der Waals surface area (Å²) in [6.45, 7) is 5.27. The van der Waals surface area contributed by atoms with E-state index in [0.717, 1.165) is 52.6 Å². The van der Waals surface area contributed by atoms with Crippen molar-refractivity contribution in [1.29, 1.82) is 0 Å². The second kappa shape index (κ2) is 31.1. The lowest BCUT2D eigenvalue weighted by Crippen LogP contribution is -2.27. The van der Waals surface area contributed by atoms with Gasteiger partial charge in [0.25, 0.3) is 17.7 Å². The molecular formula is C67H57F10N15O6S. The minimum Gasteiger partial charge on any atom is -0.457 e. The number of alkyl halides is 9. The number of benzene rings is 9. The number of carbonyl (C=O) groups is 3. The SMILES string of the molecule is CC(NC(=O)c1ccc2c(Oc3ccc(C(F)(F)F)cc3)cccc2c1)c1nnn(C)n1.CSF.C[C@@H](NC(=O)c1ccc2c(Oc3ccc(C(F)(F)F)cc3)cccc2c1)c1nnn(C)n1.C[C@H](NC(=O)c1ccc2c(Oc3ccc(C(F)(F)F)cc3)cccc2c1)c1nnn(C)n1. The Bertz CT molecular complexity index is 4310. The molecule has 3 heterocycles. The number of hydrogen-bond acceptors (Lipinski definition) is 16. The van der Waals surface area contributed by atoms with Crippen molar-refractivity contribution in [2.24, 2.45) is 21.1 Å². The van der Waals surface area contributed by atoms with Gasteiger partial charge < -0.3 is 30.2 Å². The number of tetrazole rings is 3. The standard InChI is InChI=1S/3C22H18F3N5O2.CH3FS/c3*1-13(20-27-29-30(2)28-20)26-21(31)15-6-11-18-14(12-15)4-3-5-19(18)32-17-9-7-16(8-10-17)22(23,24)25;1-3-2/h3*3-13H,1-2H3,(H,26,31);1H3/t2*13-;;/m10../s1. The number of nitrogens with zero attached hydrogens (tertiary/aromatic N) is 12. The van der Waals surface area contributed by atoms with E-state index in [1.54, 1.807) is 133 Å². The van der Waals surface area contributed by atoms with E-state index in [1.807, 2.05) is 18.2 Å². The number of hydrogen-bond donors (Lipinski definition) is 3. The van der Waals surface area contributed by atoms with E-state index in [9.17, 15) is 57.8 Å². The molecule has 0 aliphatic rings. The minimum atomic E-state index is -4.41. The van der Waals surface area contributed by atoms with Gasteiger partial charge in [-0.1, -0.05) is 36.4 Å². The quantitative estimate of drug-likeness (QED) is 0.0808. The summed E-state index contributed by atoms with van der Waals surface area (Å²) in [5.41, 5.74) is -0.947. The van der Waals surface area contributed by atoms with Gasteiger partial charge in [-0.05, 0) is 198 Å². The van der Waals surface area contributed by atoms with Crippen molar-refractivity contribution in [1.82, 2.24) is 76.6 Å². The predicted molar refractivity (Wildman–Crippen MR) is 345 cm³/mol. The van der Waals surface area contributed by atoms with Gasteiger partial charge in [0.05, 0.1) is 56.0 Å². The van der Waals surface area contributed by atoms with Crippen LogP contribution < -0.4 is 30.2 Å². The zero-order chi connectivity index (χ0) is 71.3. The Morgan fingerprint density at radius 3 is 0.848 bits per heavy atom. The molecule has 0 radical (unpaired) electrons. The normalized spacial score (nSPS) is 12.3. The number of aryl methyl sites for hydroxylation is 3. The van der Waals surface area contributed by atoms with Gasteiger partial charge in [-0.2, -0.15) is 57.8 Å². The summed E-state index contributed by atoms with van der Waals surface area (Å²) in [6, 6.07) is 43.2. The Labute approximate surface area is 560 Å². The molecular weight excluding hydrogens is 1330 g/mol. The second-order valence-electron chi connectivity index (χ2n) is 21.6. The molecule has 12 rings (SSSR count). The highest BCUT2D eigenvalue weighted by Gasteiger charge is 2.32. The molecule has 512 valence electrons. The molecule has 0 saturated carbocycles. The zero-order valence-electron chi connectivity index (χ0n) is 53.1. The van der Waals surface area contributed by atoms with E-state index in [4.69, 9.17) is 14.2 Å². The highest BCUT2D eigenvalue weighted by Crippen LogP contribution is 2.38. The van der Waals surface area contributed by atoms with Gasteiger partial charge in [0.1, 0.15) is 34.5 Å². The molecule has 9 aromatic carbocycles. The Morgan fingerprint density at radius 1 is 0.394 bits per heavy atom. The van der Waals surface area contributed by atoms with Crippen LogP contribution in [0.4, 0.5) is 43.4 Å². The van der Waals surface area contributed by atoms with Crippen LogP contribution in [0.15, 0.2) is 182 Å². The maximum absolute atomic E-state index is 12.7. The first kappa shape index (κ1) is 71.7. The third kappa shape index (κ3) is 18.9. The van der Waals surface area contributed by atoms with Gasteiger partial charge in [-0.25, -0.2) is 0 Å². The molecule has 3 N–H and O–H groups in total. The fourth-order valence-corrected chi connectivity index (χ4v) is 9.42. The number of nitrogens with one attached hydrogen (secondary N) is 3. The van der Waals surface area contributed by atoms with Crippen LogP contribution in [0, 0.1) is 0 Å². The van der Waals surface area contributed by atoms with Crippen molar-refractivity contribution < 1.29 is 72.0 Å². The van der Waals surface area contributed by atoms with Gasteiger partial charge in [0.15, 0.2) is 17.5 Å². The average Bonchev–Trinajstić information content (AvgIpc) is 1.46. The summed E-state index contributed by atoms with van der Waals surface area (Å²) in [4.78, 5) is 41.9. The van der Waals surface area contributed by atoms with Gasteiger partial charge in [-0.15, -0.1) is 30.6 Å². The molecule has 0 fully saturated rings. The molecule has 0 bridgehead atoms. The van der Waals surface area contributed by atoms with Gasteiger partial charge in [0.2, 0.25) is 0 Å². The summed E-state index contributed by atoms with van der Waals surface area (Å²) in [6.07, 6.45) is -11.8. The molecule has 0 aliphatic heterocycles. The summed E-state index contributed by atoms with van der Waals surface area (Å²) >= 11 is 0.250. The van der Waals surface area contributed by atoms with Crippen molar-refractivity contribution in [2.45, 2.75) is 57.4 Å². The van der Waals surface area contributed by atoms with Crippen molar-refractivity contribution in [3.05, 3.63) is 233 Å². The molecule has 3 amide bonds. The summed E-state index contributed by atoms with van der Waals surface area (Å²) in [7, 11) is 4.91. The first-order valence-electron chi connectivity index (χ1n) is 29.5. The molecule has 32 heteroatoms. The van der Waals surface area contributed by atoms with E-state index >= 15 is 0 Å². The highest BCUT2D eigenvalue weighted by molar-refractivity contribution is 7.93. The smallest absolute Gasteiger partial charge is 0.416 e. The number of ether oxygens (including phenoxy) is 3. The molecule has 0 spiro atoms. The van der Waals surface area contributed by atoms with Crippen LogP contribution in [0.5, 0.6) is 34.5 Å². The Balaban J connectivity index is 0.000000170. The van der Waals surface area contributed by atoms with E-state index < -0.39 is 53.3 Å². The first-order valence-corrected chi connectivity index (χ1v) is 30.6. The predicted octanol–water partition coefficient (Wildman–Crippen LogP) is 15.2. The van der Waals surface area contributed by atoms with Crippen LogP contribution in [0.25, 0.3) is 32.3 Å². The van der Waals surface area contributed by atoms with Crippen molar-refractivity contribution in [3.63, 3.8) is 0 Å². The molecule has 3 atom stereocenters. The van der Waals surface area contributed by atoms with E-state index in [1.165, 1.54) is 57.0 Å². The number of amides is 3. The zero-order valence-corrected chi connectivity index (χ0v) is 53.9. The summed E-state index contributed by atoms with van der Waals surface area (Å²) < 4.78 is 142. The largest absolute Gasteiger partial charge is 0.457 e. The van der Waals surface area contributed by atoms with Crippen LogP contribution in [0.3, 0.4) is 0 Å². The number of fused-ring (bicyclic) bond motifs is 3. The lowest BCUT2D eigenvalue weighted by molar-refractivity contribution is -0.138. The second-order valence-corrected chi connectivity index (χ2v) is 21.9. The number of carbonyl (C=O) groups excluding carboxylic acids is 3. The number of aromatic nitrogens is 12. The molecule has 1 unspecified atom stereocenters. The molecule has 21 nitrogen and oxygen atoms in total. The fourth-order valence-electron chi connectivity index (χ4n) is 9.42. The molecule has 3 aromatic heterocycles. The first-order chi connectivity index (χ1) is 47.0. The van der Waals surface area contributed by atoms with Gasteiger partial charge in [0, 0.05) is 51.3 Å². The van der Waals surface area contributed by atoms with Crippen LogP contribution in [0.1, 0.15) is 104 Å². The third-order valence-corrected chi connectivity index (χ3v) is 14.3. The minimum absolute atomic E-state index is 0.250. The van der Waals surface area contributed by atoms with E-state index in [0.29, 0.717) is 67.6 Å². The molecule has 0 aliphatic carbocycles. The van der Waals surface area contributed by atoms with Crippen LogP contribution in [-0.2, 0) is 39.7 Å². The Morgan fingerprint density at radius 2 is 0.636 bits per heavy atom.